The van der Waals surface area contributed by atoms with Crippen LogP contribution in [0.1, 0.15) is 25.2 Å². The van der Waals surface area contributed by atoms with Gasteiger partial charge in [0.25, 0.3) is 0 Å². The molecule has 5 nitrogen and oxygen atoms in total. The molecule has 0 aliphatic heterocycles. The maximum Gasteiger partial charge on any atom is 0.319 e. The van der Waals surface area contributed by atoms with Crippen molar-refractivity contribution in [3.8, 4) is 0 Å². The molecule has 1 aromatic heterocycles. The quantitative estimate of drug-likeness (QED) is 0.246. The van der Waals surface area contributed by atoms with Crippen molar-refractivity contribution in [2.75, 3.05) is 20.6 Å². The van der Waals surface area contributed by atoms with Crippen molar-refractivity contribution in [3.63, 3.8) is 0 Å². The van der Waals surface area contributed by atoms with Crippen molar-refractivity contribution in [3.05, 3.63) is 30.9 Å². The lowest BCUT2D eigenvalue weighted by Crippen LogP contribution is -2.39. The summed E-state index contributed by atoms with van der Waals surface area (Å²) in [7, 11) is 3.56. The van der Waals surface area contributed by atoms with Crippen LogP contribution in [0.15, 0.2) is 30.0 Å². The van der Waals surface area contributed by atoms with E-state index >= 15 is 0 Å². The molecule has 1 rings (SSSR count). The van der Waals surface area contributed by atoms with E-state index < -0.39 is 6.55 Å². The van der Waals surface area contributed by atoms with Crippen LogP contribution in [0.4, 0.5) is 8.78 Å². The SMILES string of the molecule is C=CCCCN(C)C(=NC)NCc1nccn1C(F)F.I. The number of nitrogens with one attached hydrogen (secondary N) is 1. The summed E-state index contributed by atoms with van der Waals surface area (Å²) in [5.74, 6) is 0.929. The van der Waals surface area contributed by atoms with Crippen LogP contribution in [-0.4, -0.2) is 41.1 Å². The van der Waals surface area contributed by atoms with Crippen LogP contribution in [0.2, 0.25) is 0 Å². The van der Waals surface area contributed by atoms with E-state index in [2.05, 4.69) is 21.9 Å². The molecular weight excluding hydrogens is 391 g/mol. The molecule has 0 amide bonds. The van der Waals surface area contributed by atoms with Gasteiger partial charge in [0.1, 0.15) is 5.82 Å². The number of alkyl halides is 2. The van der Waals surface area contributed by atoms with Crippen molar-refractivity contribution >= 4 is 29.9 Å². The highest BCUT2D eigenvalue weighted by atomic mass is 127. The van der Waals surface area contributed by atoms with Gasteiger partial charge in [-0.15, -0.1) is 30.6 Å². The van der Waals surface area contributed by atoms with E-state index in [1.165, 1.54) is 12.4 Å². The Morgan fingerprint density at radius 2 is 2.33 bits per heavy atom. The molecule has 21 heavy (non-hydrogen) atoms. The third kappa shape index (κ3) is 6.40. The predicted octanol–water partition coefficient (Wildman–Crippen LogP) is 2.87. The Hall–Kier alpha value is -1.19. The van der Waals surface area contributed by atoms with Crippen LogP contribution in [0, 0.1) is 0 Å². The van der Waals surface area contributed by atoms with Gasteiger partial charge in [-0.05, 0) is 12.8 Å². The molecule has 0 aliphatic rings. The van der Waals surface area contributed by atoms with E-state index in [-0.39, 0.29) is 36.3 Å². The Morgan fingerprint density at radius 1 is 1.62 bits per heavy atom. The maximum atomic E-state index is 12.7. The first kappa shape index (κ1) is 19.8. The minimum atomic E-state index is -2.58. The second kappa shape index (κ2) is 10.5. The molecular formula is C13H22F2IN5. The number of guanidine groups is 1. The van der Waals surface area contributed by atoms with Gasteiger partial charge in [-0.1, -0.05) is 6.08 Å². The van der Waals surface area contributed by atoms with Gasteiger partial charge in [-0.2, -0.15) is 8.78 Å². The molecule has 0 saturated heterocycles. The largest absolute Gasteiger partial charge is 0.349 e. The van der Waals surface area contributed by atoms with Gasteiger partial charge in [0.2, 0.25) is 0 Å². The minimum Gasteiger partial charge on any atom is -0.349 e. The molecule has 0 saturated carbocycles. The van der Waals surface area contributed by atoms with Gasteiger partial charge in [-0.25, -0.2) is 4.98 Å². The molecule has 8 heteroatoms. The van der Waals surface area contributed by atoms with Crippen LogP contribution in [0.25, 0.3) is 0 Å². The van der Waals surface area contributed by atoms with Gasteiger partial charge in [0.15, 0.2) is 5.96 Å². The highest BCUT2D eigenvalue weighted by Crippen LogP contribution is 2.11. The average molecular weight is 413 g/mol. The van der Waals surface area contributed by atoms with E-state index in [0.717, 1.165) is 24.0 Å². The first-order valence-electron chi connectivity index (χ1n) is 6.42. The van der Waals surface area contributed by atoms with Crippen molar-refractivity contribution < 1.29 is 8.78 Å². The van der Waals surface area contributed by atoms with E-state index in [9.17, 15) is 8.78 Å². The number of halogens is 3. The highest BCUT2D eigenvalue weighted by molar-refractivity contribution is 14.0. The normalized spacial score (nSPS) is 11.2. The van der Waals surface area contributed by atoms with Gasteiger partial charge in [-0.3, -0.25) is 9.56 Å². The van der Waals surface area contributed by atoms with Crippen molar-refractivity contribution in [1.29, 1.82) is 0 Å². The summed E-state index contributed by atoms with van der Waals surface area (Å²) in [6, 6.07) is 0. The van der Waals surface area contributed by atoms with Crippen LogP contribution >= 0.6 is 24.0 Å². The number of hydrogen-bond donors (Lipinski definition) is 1. The summed E-state index contributed by atoms with van der Waals surface area (Å²) < 4.78 is 26.2. The molecule has 1 heterocycles. The smallest absolute Gasteiger partial charge is 0.319 e. The molecule has 0 unspecified atom stereocenters. The van der Waals surface area contributed by atoms with Crippen molar-refractivity contribution in [2.24, 2.45) is 4.99 Å². The fourth-order valence-corrected chi connectivity index (χ4v) is 1.78. The van der Waals surface area contributed by atoms with E-state index in [1.54, 1.807) is 7.05 Å². The molecule has 120 valence electrons. The molecule has 1 N–H and O–H groups in total. The summed E-state index contributed by atoms with van der Waals surface area (Å²) in [6.45, 7) is 2.11. The Morgan fingerprint density at radius 3 is 2.90 bits per heavy atom. The molecule has 0 atom stereocenters. The lowest BCUT2D eigenvalue weighted by Gasteiger charge is -2.21. The summed E-state index contributed by atoms with van der Waals surface area (Å²) in [6.07, 6.45) is 6.38. The summed E-state index contributed by atoms with van der Waals surface area (Å²) in [5.41, 5.74) is 0. The fourth-order valence-electron chi connectivity index (χ4n) is 1.78. The highest BCUT2D eigenvalue weighted by Gasteiger charge is 2.12. The first-order chi connectivity index (χ1) is 9.60. The number of imidazole rings is 1. The van der Waals surface area contributed by atoms with Crippen LogP contribution < -0.4 is 5.32 Å². The Balaban J connectivity index is 0.00000400. The van der Waals surface area contributed by atoms with E-state index in [1.807, 2.05) is 18.0 Å². The zero-order valence-electron chi connectivity index (χ0n) is 12.3. The fraction of sp³-hybridized carbons (Fsp3) is 0.538. The molecule has 0 aliphatic carbocycles. The Bertz CT molecular complexity index is 448. The van der Waals surface area contributed by atoms with Crippen molar-refractivity contribution in [1.82, 2.24) is 19.8 Å². The minimum absolute atomic E-state index is 0. The molecule has 0 bridgehead atoms. The predicted molar refractivity (Wildman–Crippen MR) is 91.2 cm³/mol. The third-order valence-electron chi connectivity index (χ3n) is 2.84. The first-order valence-corrected chi connectivity index (χ1v) is 6.42. The second-order valence-electron chi connectivity index (χ2n) is 4.28. The molecule has 0 radical (unpaired) electrons. The van der Waals surface area contributed by atoms with Crippen molar-refractivity contribution in [2.45, 2.75) is 25.9 Å². The molecule has 0 spiro atoms. The molecule has 0 fully saturated rings. The Labute approximate surface area is 141 Å². The van der Waals surface area contributed by atoms with Gasteiger partial charge in [0.05, 0.1) is 6.54 Å². The summed E-state index contributed by atoms with van der Waals surface area (Å²) in [5, 5.41) is 3.03. The molecule has 1 aromatic rings. The van der Waals surface area contributed by atoms with Gasteiger partial charge < -0.3 is 10.2 Å². The van der Waals surface area contributed by atoms with Gasteiger partial charge >= 0.3 is 6.55 Å². The third-order valence-corrected chi connectivity index (χ3v) is 2.84. The average Bonchev–Trinajstić information content (AvgIpc) is 2.88. The summed E-state index contributed by atoms with van der Waals surface area (Å²) in [4.78, 5) is 9.98. The lowest BCUT2D eigenvalue weighted by molar-refractivity contribution is 0.0668. The standard InChI is InChI=1S/C13H21F2N5.HI/c1-4-5-6-8-19(3)13(16-2)18-10-11-17-7-9-20(11)12(14)15;/h4,7,9,12H,1,5-6,8,10H2,2-3H3,(H,16,18);1H. The number of rotatable bonds is 7. The lowest BCUT2D eigenvalue weighted by atomic mass is 10.3. The number of nitrogens with zero attached hydrogens (tertiary/aromatic N) is 4. The monoisotopic (exact) mass is 413 g/mol. The second-order valence-corrected chi connectivity index (χ2v) is 4.28. The maximum absolute atomic E-state index is 12.7. The summed E-state index contributed by atoms with van der Waals surface area (Å²) >= 11 is 0. The number of hydrogen-bond acceptors (Lipinski definition) is 2. The van der Waals surface area contributed by atoms with Gasteiger partial charge in [0, 0.05) is 33.0 Å². The number of unbranched alkanes of at least 4 members (excludes halogenated alkanes) is 1. The number of aromatic nitrogens is 2. The topological polar surface area (TPSA) is 45.4 Å². The molecule has 0 aromatic carbocycles. The zero-order chi connectivity index (χ0) is 15.0. The number of aliphatic imine (C=N–C) groups is 1. The van der Waals surface area contributed by atoms with E-state index in [4.69, 9.17) is 0 Å². The van der Waals surface area contributed by atoms with Crippen LogP contribution in [0.3, 0.4) is 0 Å². The zero-order valence-corrected chi connectivity index (χ0v) is 14.6. The van der Waals surface area contributed by atoms with Crippen LogP contribution in [0.5, 0.6) is 0 Å². The van der Waals surface area contributed by atoms with E-state index in [0.29, 0.717) is 5.96 Å². The van der Waals surface area contributed by atoms with Crippen LogP contribution in [-0.2, 0) is 6.54 Å². The Kier molecular flexibility index (Phi) is 9.93. The number of allylic oxidation sites excluding steroid dienone is 1.